The fourth-order valence-electron chi connectivity index (χ4n) is 5.01. The Morgan fingerprint density at radius 3 is 2.60 bits per heavy atom. The zero-order chi connectivity index (χ0) is 22.1. The van der Waals surface area contributed by atoms with E-state index in [-0.39, 0.29) is 43.2 Å². The van der Waals surface area contributed by atoms with Gasteiger partial charge in [0, 0.05) is 37.5 Å². The van der Waals surface area contributed by atoms with Crippen LogP contribution < -0.4 is 0 Å². The molecule has 6 heteroatoms. The highest BCUT2D eigenvalue weighted by atomic mass is 16.4. The fourth-order valence-corrected chi connectivity index (χ4v) is 5.01. The number of hydrogen-bond acceptors (Lipinski definition) is 5. The van der Waals surface area contributed by atoms with Crippen LogP contribution in [0, 0.1) is 23.7 Å². The van der Waals surface area contributed by atoms with Gasteiger partial charge < -0.3 is 15.3 Å². The van der Waals surface area contributed by atoms with Crippen LogP contribution in [0.25, 0.3) is 0 Å². The number of ketones is 2. The minimum Gasteiger partial charge on any atom is -0.481 e. The van der Waals surface area contributed by atoms with Crippen molar-refractivity contribution in [2.45, 2.75) is 96.2 Å². The third kappa shape index (κ3) is 7.62. The number of aliphatic carboxylic acids is 1. The molecule has 30 heavy (non-hydrogen) atoms. The van der Waals surface area contributed by atoms with E-state index in [4.69, 9.17) is 5.11 Å². The maximum absolute atomic E-state index is 12.3. The smallest absolute Gasteiger partial charge is 0.303 e. The number of aliphatic hydroxyl groups excluding tert-OH is 2. The van der Waals surface area contributed by atoms with E-state index in [1.54, 1.807) is 12.2 Å². The largest absolute Gasteiger partial charge is 0.481 e. The Balaban J connectivity index is 1.85. The molecule has 0 aromatic heterocycles. The summed E-state index contributed by atoms with van der Waals surface area (Å²) >= 11 is 0. The highest BCUT2D eigenvalue weighted by Crippen LogP contribution is 2.38. The van der Waals surface area contributed by atoms with Crippen LogP contribution in [0.3, 0.4) is 0 Å². The van der Waals surface area contributed by atoms with E-state index < -0.39 is 30.0 Å². The lowest BCUT2D eigenvalue weighted by Gasteiger charge is -2.19. The Morgan fingerprint density at radius 1 is 1.17 bits per heavy atom. The van der Waals surface area contributed by atoms with Crippen molar-refractivity contribution in [2.24, 2.45) is 23.7 Å². The van der Waals surface area contributed by atoms with Crippen molar-refractivity contribution in [3.63, 3.8) is 0 Å². The van der Waals surface area contributed by atoms with Crippen molar-refractivity contribution in [1.29, 1.82) is 0 Å². The third-order valence-corrected chi connectivity index (χ3v) is 6.84. The topological polar surface area (TPSA) is 112 Å². The van der Waals surface area contributed by atoms with E-state index in [0.717, 1.165) is 19.3 Å². The van der Waals surface area contributed by atoms with Gasteiger partial charge in [0.2, 0.25) is 0 Å². The molecule has 0 unspecified atom stereocenters. The highest BCUT2D eigenvalue weighted by Gasteiger charge is 2.41. The van der Waals surface area contributed by atoms with E-state index >= 15 is 0 Å². The van der Waals surface area contributed by atoms with Crippen molar-refractivity contribution in [2.75, 3.05) is 0 Å². The average molecular weight is 423 g/mol. The van der Waals surface area contributed by atoms with Gasteiger partial charge in [-0.2, -0.15) is 0 Å². The molecule has 0 saturated heterocycles. The Bertz CT molecular complexity index is 613. The standard InChI is InChI=1S/C24H38O6/c1-2-3-6-16-9-10-17(13-16)21(26)12-11-19-20(23(28)15-22(19)27)14-18(25)7-4-5-8-24(29)30/h11-12,16-17,19-22,26-27H,2-10,13-15H2,1H3,(H,29,30)/t16-,17-,19+,20+,21+,22+/m0/s1. The molecular formula is C24H38O6. The number of carbonyl (C=O) groups is 3. The number of unbranched alkanes of at least 4 members (excludes halogenated alkanes) is 2. The molecule has 0 aromatic carbocycles. The van der Waals surface area contributed by atoms with E-state index in [1.807, 2.05) is 0 Å². The first-order valence-corrected chi connectivity index (χ1v) is 11.6. The fraction of sp³-hybridized carbons (Fsp3) is 0.792. The molecule has 170 valence electrons. The number of hydrogen-bond donors (Lipinski definition) is 3. The molecule has 2 fully saturated rings. The Kier molecular flexibility index (Phi) is 10.2. The van der Waals surface area contributed by atoms with Crippen LogP contribution in [0.5, 0.6) is 0 Å². The van der Waals surface area contributed by atoms with E-state index in [9.17, 15) is 24.6 Å². The monoisotopic (exact) mass is 422 g/mol. The molecule has 6 nitrogen and oxygen atoms in total. The van der Waals surface area contributed by atoms with Gasteiger partial charge in [-0.15, -0.1) is 0 Å². The predicted octanol–water partition coefficient (Wildman–Crippen LogP) is 3.68. The second-order valence-corrected chi connectivity index (χ2v) is 9.22. The molecule has 6 atom stereocenters. The van der Waals surface area contributed by atoms with Gasteiger partial charge in [-0.1, -0.05) is 44.8 Å². The average Bonchev–Trinajstić information content (AvgIpc) is 3.26. The first kappa shape index (κ1) is 24.7. The summed E-state index contributed by atoms with van der Waals surface area (Å²) < 4.78 is 0. The number of carbonyl (C=O) groups excluding carboxylic acids is 2. The summed E-state index contributed by atoms with van der Waals surface area (Å²) in [5.41, 5.74) is 0. The maximum Gasteiger partial charge on any atom is 0.303 e. The molecule has 2 aliphatic rings. The lowest BCUT2D eigenvalue weighted by molar-refractivity contribution is -0.137. The SMILES string of the molecule is CCCC[C@H]1CC[C@H]([C@H](O)C=C[C@H]2[C@H](O)CC(=O)[C@@H]2CC(=O)CCCCC(=O)O)C1. The summed E-state index contributed by atoms with van der Waals surface area (Å²) in [7, 11) is 0. The van der Waals surface area contributed by atoms with Crippen LogP contribution >= 0.6 is 0 Å². The van der Waals surface area contributed by atoms with Crippen molar-refractivity contribution < 1.29 is 29.7 Å². The molecule has 2 rings (SSSR count). The minimum absolute atomic E-state index is 0.0398. The predicted molar refractivity (Wildman–Crippen MR) is 114 cm³/mol. The summed E-state index contributed by atoms with van der Waals surface area (Å²) in [6.45, 7) is 2.19. The number of carboxylic acids is 1. The van der Waals surface area contributed by atoms with Crippen molar-refractivity contribution in [1.82, 2.24) is 0 Å². The van der Waals surface area contributed by atoms with Crippen LogP contribution in [0.1, 0.15) is 84.0 Å². The Labute approximate surface area is 179 Å². The first-order valence-electron chi connectivity index (χ1n) is 11.6. The molecule has 0 aliphatic heterocycles. The van der Waals surface area contributed by atoms with Gasteiger partial charge in [-0.3, -0.25) is 14.4 Å². The summed E-state index contributed by atoms with van der Waals surface area (Å²) in [6, 6.07) is 0. The Morgan fingerprint density at radius 2 is 1.90 bits per heavy atom. The quantitative estimate of drug-likeness (QED) is 0.308. The van der Waals surface area contributed by atoms with Gasteiger partial charge in [-0.25, -0.2) is 0 Å². The first-order chi connectivity index (χ1) is 14.3. The normalized spacial score (nSPS) is 30.2. The number of carboxylic acid groups (broad SMARTS) is 1. The summed E-state index contributed by atoms with van der Waals surface area (Å²) in [6.07, 6.45) is 10.3. The lowest BCUT2D eigenvalue weighted by atomic mass is 9.87. The third-order valence-electron chi connectivity index (χ3n) is 6.84. The van der Waals surface area contributed by atoms with Crippen LogP contribution in [0.2, 0.25) is 0 Å². The zero-order valence-corrected chi connectivity index (χ0v) is 18.2. The molecule has 0 radical (unpaired) electrons. The molecule has 0 bridgehead atoms. The molecular weight excluding hydrogens is 384 g/mol. The van der Waals surface area contributed by atoms with E-state index in [2.05, 4.69) is 6.92 Å². The summed E-state index contributed by atoms with van der Waals surface area (Å²) in [5.74, 6) is -1.12. The molecule has 0 aromatic rings. The van der Waals surface area contributed by atoms with Gasteiger partial charge in [-0.05, 0) is 37.5 Å². The minimum atomic E-state index is -0.876. The molecule has 3 N–H and O–H groups in total. The zero-order valence-electron chi connectivity index (χ0n) is 18.2. The van der Waals surface area contributed by atoms with E-state index in [0.29, 0.717) is 18.8 Å². The van der Waals surface area contributed by atoms with Crippen LogP contribution in [-0.2, 0) is 14.4 Å². The van der Waals surface area contributed by atoms with Crippen LogP contribution in [0.15, 0.2) is 12.2 Å². The number of rotatable bonds is 13. The van der Waals surface area contributed by atoms with Gasteiger partial charge in [0.1, 0.15) is 11.6 Å². The molecule has 0 spiro atoms. The van der Waals surface area contributed by atoms with Crippen molar-refractivity contribution >= 4 is 17.5 Å². The summed E-state index contributed by atoms with van der Waals surface area (Å²) in [5, 5.41) is 29.6. The van der Waals surface area contributed by atoms with E-state index in [1.165, 1.54) is 19.3 Å². The second-order valence-electron chi connectivity index (χ2n) is 9.22. The molecule has 0 heterocycles. The maximum atomic E-state index is 12.3. The Hall–Kier alpha value is -1.53. The van der Waals surface area contributed by atoms with Crippen molar-refractivity contribution in [3.05, 3.63) is 12.2 Å². The molecule has 2 aliphatic carbocycles. The van der Waals surface area contributed by atoms with Gasteiger partial charge >= 0.3 is 5.97 Å². The molecule has 2 saturated carbocycles. The van der Waals surface area contributed by atoms with Crippen molar-refractivity contribution in [3.8, 4) is 0 Å². The van der Waals surface area contributed by atoms with Crippen LogP contribution in [-0.4, -0.2) is 45.1 Å². The lowest BCUT2D eigenvalue weighted by Crippen LogP contribution is -2.23. The number of aliphatic hydroxyl groups is 2. The molecule has 0 amide bonds. The highest BCUT2D eigenvalue weighted by molar-refractivity contribution is 5.90. The van der Waals surface area contributed by atoms with Gasteiger partial charge in [0.25, 0.3) is 0 Å². The van der Waals surface area contributed by atoms with Gasteiger partial charge in [0.15, 0.2) is 0 Å². The summed E-state index contributed by atoms with van der Waals surface area (Å²) in [4.78, 5) is 35.1. The van der Waals surface area contributed by atoms with Gasteiger partial charge in [0.05, 0.1) is 12.2 Å². The number of Topliss-reactive ketones (excluding diaryl/α,β-unsaturated/α-hetero) is 2. The van der Waals surface area contributed by atoms with Crippen LogP contribution in [0.4, 0.5) is 0 Å². The second kappa shape index (κ2) is 12.4.